The molecule has 88 valence electrons. The zero-order valence-corrected chi connectivity index (χ0v) is 12.9. The number of amides is 1. The van der Waals surface area contributed by atoms with Crippen molar-refractivity contribution in [1.29, 1.82) is 0 Å². The standard InChI is InChI=1S/C9H9BrINO3S/c1-15-9(14)6(11)4-12-8(13)7-5(10)2-3-16-7/h2-3,6H,4H2,1H3,(H,12,13). The Labute approximate surface area is 119 Å². The smallest absolute Gasteiger partial charge is 0.320 e. The number of rotatable bonds is 4. The van der Waals surface area contributed by atoms with E-state index < -0.39 is 0 Å². The molecule has 1 aromatic rings. The van der Waals surface area contributed by atoms with Gasteiger partial charge in [-0.05, 0) is 27.4 Å². The summed E-state index contributed by atoms with van der Waals surface area (Å²) in [5.41, 5.74) is 0. The van der Waals surface area contributed by atoms with E-state index in [1.165, 1.54) is 18.4 Å². The number of ether oxygens (including phenoxy) is 1. The number of halogens is 2. The van der Waals surface area contributed by atoms with Crippen molar-refractivity contribution in [3.8, 4) is 0 Å². The molecule has 0 aliphatic carbocycles. The molecule has 1 unspecified atom stereocenters. The molecular weight excluding hydrogens is 409 g/mol. The highest BCUT2D eigenvalue weighted by atomic mass is 127. The molecule has 0 fully saturated rings. The molecule has 1 N–H and O–H groups in total. The van der Waals surface area contributed by atoms with Crippen LogP contribution in [0.5, 0.6) is 0 Å². The summed E-state index contributed by atoms with van der Waals surface area (Å²) in [5.74, 6) is -0.529. The van der Waals surface area contributed by atoms with Crippen molar-refractivity contribution < 1.29 is 14.3 Å². The van der Waals surface area contributed by atoms with Gasteiger partial charge in [-0.1, -0.05) is 22.6 Å². The molecule has 0 spiro atoms. The largest absolute Gasteiger partial charge is 0.468 e. The maximum atomic E-state index is 11.7. The van der Waals surface area contributed by atoms with E-state index in [0.717, 1.165) is 4.47 Å². The van der Waals surface area contributed by atoms with E-state index in [9.17, 15) is 9.59 Å². The quantitative estimate of drug-likeness (QED) is 0.464. The van der Waals surface area contributed by atoms with Crippen LogP contribution in [0.15, 0.2) is 15.9 Å². The molecule has 7 heteroatoms. The number of nitrogens with one attached hydrogen (secondary N) is 1. The highest BCUT2D eigenvalue weighted by molar-refractivity contribution is 14.1. The first-order valence-corrected chi connectivity index (χ1v) is 7.21. The van der Waals surface area contributed by atoms with Gasteiger partial charge in [0.2, 0.25) is 0 Å². The highest BCUT2D eigenvalue weighted by Crippen LogP contribution is 2.22. The van der Waals surface area contributed by atoms with Gasteiger partial charge in [0.15, 0.2) is 0 Å². The van der Waals surface area contributed by atoms with Gasteiger partial charge in [0.1, 0.15) is 8.80 Å². The lowest BCUT2D eigenvalue weighted by atomic mass is 10.4. The summed E-state index contributed by atoms with van der Waals surface area (Å²) in [5, 5.41) is 4.49. The third-order valence-electron chi connectivity index (χ3n) is 1.72. The lowest BCUT2D eigenvalue weighted by Gasteiger charge is -2.08. The van der Waals surface area contributed by atoms with Gasteiger partial charge in [-0.2, -0.15) is 0 Å². The summed E-state index contributed by atoms with van der Waals surface area (Å²) in [6.45, 7) is 0.260. The Kier molecular flexibility index (Phi) is 5.70. The Morgan fingerprint density at radius 1 is 1.69 bits per heavy atom. The first-order chi connectivity index (χ1) is 7.56. The lowest BCUT2D eigenvalue weighted by molar-refractivity contribution is -0.139. The summed E-state index contributed by atoms with van der Waals surface area (Å²) in [6.07, 6.45) is 0. The monoisotopic (exact) mass is 417 g/mol. The summed E-state index contributed by atoms with van der Waals surface area (Å²) >= 11 is 6.55. The number of hydrogen-bond donors (Lipinski definition) is 1. The molecule has 0 radical (unpaired) electrons. The molecule has 0 aliphatic rings. The van der Waals surface area contributed by atoms with Crippen LogP contribution in [0.1, 0.15) is 9.67 Å². The maximum Gasteiger partial charge on any atom is 0.320 e. The maximum absolute atomic E-state index is 11.7. The van der Waals surface area contributed by atoms with Crippen LogP contribution in [0.4, 0.5) is 0 Å². The molecule has 16 heavy (non-hydrogen) atoms. The van der Waals surface area contributed by atoms with Crippen molar-refractivity contribution in [2.75, 3.05) is 13.7 Å². The highest BCUT2D eigenvalue weighted by Gasteiger charge is 2.17. The van der Waals surface area contributed by atoms with Crippen molar-refractivity contribution >= 4 is 61.7 Å². The lowest BCUT2D eigenvalue weighted by Crippen LogP contribution is -2.33. The van der Waals surface area contributed by atoms with Crippen molar-refractivity contribution in [3.63, 3.8) is 0 Å². The third kappa shape index (κ3) is 3.70. The number of carbonyl (C=O) groups is 2. The van der Waals surface area contributed by atoms with Gasteiger partial charge in [-0.3, -0.25) is 9.59 Å². The molecule has 1 amide bonds. The summed E-state index contributed by atoms with van der Waals surface area (Å²) in [4.78, 5) is 23.4. The molecule has 1 atom stereocenters. The van der Waals surface area contributed by atoms with Crippen molar-refractivity contribution in [2.24, 2.45) is 0 Å². The molecule has 0 saturated heterocycles. The normalized spacial score (nSPS) is 11.9. The molecule has 1 rings (SSSR count). The molecular formula is C9H9BrINO3S. The minimum atomic E-state index is -0.370. The summed E-state index contributed by atoms with van der Waals surface area (Å²) < 4.78 is 4.95. The van der Waals surface area contributed by atoms with Gasteiger partial charge in [0, 0.05) is 11.0 Å². The van der Waals surface area contributed by atoms with Crippen LogP contribution in [0, 0.1) is 0 Å². The SMILES string of the molecule is COC(=O)C(I)CNC(=O)c1sccc1Br. The Hall–Kier alpha value is -0.150. The van der Waals surface area contributed by atoms with Crippen LogP contribution in [0.2, 0.25) is 0 Å². The second kappa shape index (κ2) is 6.55. The third-order valence-corrected chi connectivity index (χ3v) is 4.51. The van der Waals surface area contributed by atoms with Crippen molar-refractivity contribution in [1.82, 2.24) is 5.32 Å². The fourth-order valence-electron chi connectivity index (χ4n) is 0.930. The second-order valence-corrected chi connectivity index (χ2v) is 6.07. The van der Waals surface area contributed by atoms with Gasteiger partial charge in [0.05, 0.1) is 7.11 Å². The predicted octanol–water partition coefficient (Wildman–Crippen LogP) is 2.22. The van der Waals surface area contributed by atoms with Gasteiger partial charge >= 0.3 is 5.97 Å². The molecule has 0 bridgehead atoms. The Morgan fingerprint density at radius 3 is 2.88 bits per heavy atom. The zero-order chi connectivity index (χ0) is 12.1. The van der Waals surface area contributed by atoms with Crippen molar-refractivity contribution in [3.05, 3.63) is 20.8 Å². The first kappa shape index (κ1) is 13.9. The van der Waals surface area contributed by atoms with Gasteiger partial charge in [-0.25, -0.2) is 0 Å². The number of methoxy groups -OCH3 is 1. The summed E-state index contributed by atoms with van der Waals surface area (Å²) in [6, 6.07) is 1.81. The molecule has 0 saturated carbocycles. The van der Waals surface area contributed by atoms with E-state index in [1.807, 2.05) is 28.0 Å². The van der Waals surface area contributed by atoms with Crippen LogP contribution in [-0.2, 0) is 9.53 Å². The van der Waals surface area contributed by atoms with Crippen LogP contribution < -0.4 is 5.32 Å². The van der Waals surface area contributed by atoms with Crippen LogP contribution in [0.25, 0.3) is 0 Å². The number of esters is 1. The Morgan fingerprint density at radius 2 is 2.38 bits per heavy atom. The van der Waals surface area contributed by atoms with Crippen LogP contribution in [0.3, 0.4) is 0 Å². The average molecular weight is 418 g/mol. The van der Waals surface area contributed by atoms with Crippen molar-refractivity contribution in [2.45, 2.75) is 3.92 Å². The topological polar surface area (TPSA) is 55.4 Å². The van der Waals surface area contributed by atoms with E-state index >= 15 is 0 Å². The van der Waals surface area contributed by atoms with E-state index in [2.05, 4.69) is 26.0 Å². The summed E-state index contributed by atoms with van der Waals surface area (Å²) in [7, 11) is 1.33. The molecule has 0 aliphatic heterocycles. The number of hydrogen-bond acceptors (Lipinski definition) is 4. The Balaban J connectivity index is 2.48. The minimum absolute atomic E-state index is 0.188. The Bertz CT molecular complexity index is 396. The fraction of sp³-hybridized carbons (Fsp3) is 0.333. The predicted molar refractivity (Wildman–Crippen MR) is 74.2 cm³/mol. The van der Waals surface area contributed by atoms with Gasteiger partial charge < -0.3 is 10.1 Å². The fourth-order valence-corrected chi connectivity index (χ4v) is 2.87. The molecule has 1 heterocycles. The zero-order valence-electron chi connectivity index (χ0n) is 8.33. The minimum Gasteiger partial charge on any atom is -0.468 e. The van der Waals surface area contributed by atoms with Gasteiger partial charge in [-0.15, -0.1) is 11.3 Å². The molecule has 1 aromatic heterocycles. The first-order valence-electron chi connectivity index (χ1n) is 4.29. The van der Waals surface area contributed by atoms with Crippen LogP contribution >= 0.6 is 49.9 Å². The van der Waals surface area contributed by atoms with Crippen LogP contribution in [-0.4, -0.2) is 29.5 Å². The van der Waals surface area contributed by atoms with E-state index in [0.29, 0.717) is 4.88 Å². The van der Waals surface area contributed by atoms with E-state index in [1.54, 1.807) is 6.07 Å². The second-order valence-electron chi connectivity index (χ2n) is 2.80. The average Bonchev–Trinajstić information content (AvgIpc) is 2.70. The van der Waals surface area contributed by atoms with Gasteiger partial charge in [0.25, 0.3) is 5.91 Å². The molecule has 0 aromatic carbocycles. The number of carbonyl (C=O) groups excluding carboxylic acids is 2. The van der Waals surface area contributed by atoms with E-state index in [-0.39, 0.29) is 22.3 Å². The number of alkyl halides is 1. The molecule has 4 nitrogen and oxygen atoms in total. The van der Waals surface area contributed by atoms with E-state index in [4.69, 9.17) is 0 Å². The number of thiophene rings is 1.